The summed E-state index contributed by atoms with van der Waals surface area (Å²) in [5.74, 6) is -1.47. The molecular weight excluding hydrogens is 316 g/mol. The van der Waals surface area contributed by atoms with E-state index in [0.29, 0.717) is 4.88 Å². The maximum Gasteiger partial charge on any atom is 0.308 e. The fourth-order valence-corrected chi connectivity index (χ4v) is 3.81. The van der Waals surface area contributed by atoms with Crippen LogP contribution in [0, 0.1) is 0 Å². The van der Waals surface area contributed by atoms with E-state index in [1.54, 1.807) is 20.8 Å². The molecule has 0 radical (unpaired) electrons. The van der Waals surface area contributed by atoms with Crippen LogP contribution in [0.4, 0.5) is 0 Å². The highest BCUT2D eigenvalue weighted by atomic mass is 32.2. The lowest BCUT2D eigenvalue weighted by Crippen LogP contribution is -2.45. The zero-order chi connectivity index (χ0) is 16.3. The maximum atomic E-state index is 12.0. The molecular formula is C12H18N2O5S2. The summed E-state index contributed by atoms with van der Waals surface area (Å²) in [6, 6.07) is 2.77. The number of aliphatic carboxylic acids is 1. The van der Waals surface area contributed by atoms with Gasteiger partial charge >= 0.3 is 5.97 Å². The molecule has 0 unspecified atom stereocenters. The van der Waals surface area contributed by atoms with Gasteiger partial charge in [-0.25, -0.2) is 13.1 Å². The van der Waals surface area contributed by atoms with E-state index in [2.05, 4.69) is 10.0 Å². The van der Waals surface area contributed by atoms with Gasteiger partial charge in [-0.2, -0.15) is 0 Å². The predicted molar refractivity (Wildman–Crippen MR) is 78.7 cm³/mol. The second kappa shape index (κ2) is 6.54. The molecule has 1 aromatic heterocycles. The van der Waals surface area contributed by atoms with Crippen molar-refractivity contribution in [3.05, 3.63) is 17.0 Å². The number of hydrogen-bond donors (Lipinski definition) is 3. The molecule has 0 saturated carbocycles. The Morgan fingerprint density at radius 3 is 2.43 bits per heavy atom. The lowest BCUT2D eigenvalue weighted by atomic mass is 10.1. The van der Waals surface area contributed by atoms with Crippen molar-refractivity contribution in [2.45, 2.75) is 36.9 Å². The first-order valence-corrected chi connectivity index (χ1v) is 8.41. The van der Waals surface area contributed by atoms with E-state index >= 15 is 0 Å². The number of rotatable bonds is 6. The molecule has 1 amide bonds. The van der Waals surface area contributed by atoms with Gasteiger partial charge in [0.2, 0.25) is 5.91 Å². The Morgan fingerprint density at radius 1 is 1.29 bits per heavy atom. The molecule has 1 rings (SSSR count). The Balaban J connectivity index is 2.67. The highest BCUT2D eigenvalue weighted by Gasteiger charge is 2.20. The van der Waals surface area contributed by atoms with Crippen LogP contribution in [0.25, 0.3) is 0 Å². The predicted octanol–water partition coefficient (Wildman–Crippen LogP) is 0.568. The van der Waals surface area contributed by atoms with Crippen LogP contribution in [0.1, 0.15) is 25.6 Å². The van der Waals surface area contributed by atoms with Crippen LogP contribution in [0.15, 0.2) is 16.3 Å². The third-order valence-electron chi connectivity index (χ3n) is 2.16. The van der Waals surface area contributed by atoms with Crippen molar-refractivity contribution in [3.8, 4) is 0 Å². The summed E-state index contributed by atoms with van der Waals surface area (Å²) in [6.45, 7) is 5.00. The normalized spacial score (nSPS) is 12.1. The molecule has 0 bridgehead atoms. The lowest BCUT2D eigenvalue weighted by molar-refractivity contribution is -0.136. The van der Waals surface area contributed by atoms with Gasteiger partial charge in [0.15, 0.2) is 0 Å². The molecule has 0 aromatic carbocycles. The molecule has 0 atom stereocenters. The summed E-state index contributed by atoms with van der Waals surface area (Å²) < 4.78 is 26.1. The van der Waals surface area contributed by atoms with E-state index in [1.807, 2.05) is 0 Å². The SMILES string of the molecule is CC(C)(C)NC(=O)CNS(=O)(=O)c1ccc(CC(=O)O)s1. The fraction of sp³-hybridized carbons (Fsp3) is 0.500. The van der Waals surface area contributed by atoms with Gasteiger partial charge in [-0.1, -0.05) is 0 Å². The topological polar surface area (TPSA) is 113 Å². The molecule has 0 saturated heterocycles. The number of carbonyl (C=O) groups is 2. The molecule has 118 valence electrons. The number of carboxylic acid groups (broad SMARTS) is 1. The van der Waals surface area contributed by atoms with Crippen molar-refractivity contribution >= 4 is 33.2 Å². The fourth-order valence-electron chi connectivity index (χ4n) is 1.44. The minimum atomic E-state index is -3.81. The molecule has 21 heavy (non-hydrogen) atoms. The first-order valence-electron chi connectivity index (χ1n) is 6.11. The van der Waals surface area contributed by atoms with E-state index in [0.717, 1.165) is 11.3 Å². The number of carboxylic acids is 1. The van der Waals surface area contributed by atoms with Crippen LogP contribution < -0.4 is 10.0 Å². The zero-order valence-corrected chi connectivity index (χ0v) is 13.6. The average Bonchev–Trinajstić information content (AvgIpc) is 2.72. The molecule has 0 fully saturated rings. The molecule has 1 heterocycles. The summed E-state index contributed by atoms with van der Waals surface area (Å²) in [5, 5.41) is 11.3. The van der Waals surface area contributed by atoms with Gasteiger partial charge in [-0.05, 0) is 32.9 Å². The van der Waals surface area contributed by atoms with E-state index in [1.165, 1.54) is 12.1 Å². The van der Waals surface area contributed by atoms with Crippen LogP contribution >= 0.6 is 11.3 Å². The first kappa shape index (κ1) is 17.6. The molecule has 0 aliphatic rings. The van der Waals surface area contributed by atoms with Gasteiger partial charge in [-0.3, -0.25) is 9.59 Å². The second-order valence-corrected chi connectivity index (χ2v) is 8.58. The Hall–Kier alpha value is -1.45. The van der Waals surface area contributed by atoms with Crippen molar-refractivity contribution in [1.82, 2.24) is 10.0 Å². The third-order valence-corrected chi connectivity index (χ3v) is 5.14. The number of thiophene rings is 1. The smallest absolute Gasteiger partial charge is 0.308 e. The van der Waals surface area contributed by atoms with Crippen molar-refractivity contribution in [2.24, 2.45) is 0 Å². The van der Waals surface area contributed by atoms with Gasteiger partial charge < -0.3 is 10.4 Å². The van der Waals surface area contributed by atoms with E-state index in [-0.39, 0.29) is 17.2 Å². The number of nitrogens with one attached hydrogen (secondary N) is 2. The maximum absolute atomic E-state index is 12.0. The quantitative estimate of drug-likeness (QED) is 0.704. The minimum Gasteiger partial charge on any atom is -0.481 e. The third kappa shape index (κ3) is 6.23. The molecule has 0 spiro atoms. The van der Waals surface area contributed by atoms with Crippen LogP contribution in [0.5, 0.6) is 0 Å². The number of sulfonamides is 1. The van der Waals surface area contributed by atoms with Gasteiger partial charge in [0.05, 0.1) is 13.0 Å². The van der Waals surface area contributed by atoms with Gasteiger partial charge in [0, 0.05) is 10.4 Å². The molecule has 0 aliphatic heterocycles. The van der Waals surface area contributed by atoms with Crippen molar-refractivity contribution in [1.29, 1.82) is 0 Å². The molecule has 1 aromatic rings. The summed E-state index contributed by atoms with van der Waals surface area (Å²) in [6.07, 6.45) is -0.231. The van der Waals surface area contributed by atoms with E-state index in [4.69, 9.17) is 5.11 Å². The molecule has 7 nitrogen and oxygen atoms in total. The largest absolute Gasteiger partial charge is 0.481 e. The second-order valence-electron chi connectivity index (χ2n) is 5.41. The van der Waals surface area contributed by atoms with Gasteiger partial charge in [0.25, 0.3) is 10.0 Å². The lowest BCUT2D eigenvalue weighted by Gasteiger charge is -2.20. The Morgan fingerprint density at radius 2 is 1.90 bits per heavy atom. The Kier molecular flexibility index (Phi) is 5.48. The van der Waals surface area contributed by atoms with Crippen LogP contribution in [0.2, 0.25) is 0 Å². The van der Waals surface area contributed by atoms with Crippen LogP contribution in [-0.4, -0.2) is 37.5 Å². The van der Waals surface area contributed by atoms with E-state index in [9.17, 15) is 18.0 Å². The molecule has 3 N–H and O–H groups in total. The zero-order valence-electron chi connectivity index (χ0n) is 12.0. The first-order chi connectivity index (χ1) is 9.49. The Labute approximate surface area is 127 Å². The molecule has 9 heteroatoms. The van der Waals surface area contributed by atoms with Crippen molar-refractivity contribution in [2.75, 3.05) is 6.54 Å². The number of amides is 1. The Bertz CT molecular complexity index is 628. The van der Waals surface area contributed by atoms with Crippen molar-refractivity contribution < 1.29 is 23.1 Å². The number of hydrogen-bond acceptors (Lipinski definition) is 5. The number of carbonyl (C=O) groups excluding carboxylic acids is 1. The summed E-state index contributed by atoms with van der Waals surface area (Å²) in [4.78, 5) is 22.6. The van der Waals surface area contributed by atoms with Crippen LogP contribution in [-0.2, 0) is 26.0 Å². The highest BCUT2D eigenvalue weighted by molar-refractivity contribution is 7.91. The van der Waals surface area contributed by atoms with Gasteiger partial charge in [-0.15, -0.1) is 11.3 Å². The van der Waals surface area contributed by atoms with Crippen molar-refractivity contribution in [3.63, 3.8) is 0 Å². The summed E-state index contributed by atoms with van der Waals surface area (Å²) >= 11 is 0.870. The van der Waals surface area contributed by atoms with Gasteiger partial charge in [0.1, 0.15) is 4.21 Å². The molecule has 0 aliphatic carbocycles. The summed E-state index contributed by atoms with van der Waals surface area (Å²) in [5.41, 5.74) is -0.444. The summed E-state index contributed by atoms with van der Waals surface area (Å²) in [7, 11) is -3.81. The standard InChI is InChI=1S/C12H18N2O5S2/c1-12(2,3)14-9(15)7-13-21(18,19)11-5-4-8(20-11)6-10(16)17/h4-5,13H,6-7H2,1-3H3,(H,14,15)(H,16,17). The highest BCUT2D eigenvalue weighted by Crippen LogP contribution is 2.21. The monoisotopic (exact) mass is 334 g/mol. The minimum absolute atomic E-state index is 0.0118. The van der Waals surface area contributed by atoms with E-state index < -0.39 is 27.4 Å². The average molecular weight is 334 g/mol. The van der Waals surface area contributed by atoms with Crippen LogP contribution in [0.3, 0.4) is 0 Å².